The highest BCUT2D eigenvalue weighted by Crippen LogP contribution is 2.28. The molecule has 0 radical (unpaired) electrons. The molecular formula is C32H37NO7. The number of amides is 1. The standard InChI is InChI=1S/C32H37NO7/c1-4-38-32(35)33-22-29(40-31(34)25-11-6-5-7-12-25)20-26(33)16-17-39-30-13-9-8-10-24(30)15-14-23-18-27(36-2)21-28(19-23)37-3/h5-13,18-19,21,26,29H,4,14-17,20,22H2,1-3H3/t26-,29+/m1/s1. The van der Waals surface area contributed by atoms with Crippen LogP contribution in [0.1, 0.15) is 41.3 Å². The van der Waals surface area contributed by atoms with Gasteiger partial charge in [0.15, 0.2) is 0 Å². The predicted molar refractivity (Wildman–Crippen MR) is 151 cm³/mol. The van der Waals surface area contributed by atoms with Crippen molar-refractivity contribution in [3.8, 4) is 17.2 Å². The summed E-state index contributed by atoms with van der Waals surface area (Å²) >= 11 is 0. The fourth-order valence-electron chi connectivity index (χ4n) is 4.90. The molecule has 2 atom stereocenters. The van der Waals surface area contributed by atoms with Crippen LogP contribution in [0.2, 0.25) is 0 Å². The smallest absolute Gasteiger partial charge is 0.410 e. The van der Waals surface area contributed by atoms with E-state index in [1.54, 1.807) is 50.3 Å². The molecule has 1 heterocycles. The summed E-state index contributed by atoms with van der Waals surface area (Å²) in [5.74, 6) is 1.93. The Kier molecular flexibility index (Phi) is 10.3. The summed E-state index contributed by atoms with van der Waals surface area (Å²) in [6.07, 6.45) is 1.87. The molecule has 0 N–H and O–H groups in total. The van der Waals surface area contributed by atoms with Crippen molar-refractivity contribution in [1.82, 2.24) is 4.90 Å². The molecule has 1 fully saturated rings. The third-order valence-corrected chi connectivity index (χ3v) is 6.94. The molecule has 212 valence electrons. The fraction of sp³-hybridized carbons (Fsp3) is 0.375. The van der Waals surface area contributed by atoms with Gasteiger partial charge in [0.05, 0.1) is 39.5 Å². The molecule has 1 saturated heterocycles. The van der Waals surface area contributed by atoms with E-state index in [-0.39, 0.29) is 12.6 Å². The van der Waals surface area contributed by atoms with Crippen molar-refractivity contribution in [2.45, 2.75) is 44.8 Å². The topological polar surface area (TPSA) is 83.5 Å². The van der Waals surface area contributed by atoms with E-state index in [0.29, 0.717) is 31.6 Å². The maximum Gasteiger partial charge on any atom is 0.410 e. The van der Waals surface area contributed by atoms with Crippen LogP contribution in [-0.4, -0.2) is 63.1 Å². The lowest BCUT2D eigenvalue weighted by atomic mass is 10.0. The summed E-state index contributed by atoms with van der Waals surface area (Å²) in [4.78, 5) is 26.9. The molecule has 0 bridgehead atoms. The van der Waals surface area contributed by atoms with E-state index in [1.165, 1.54) is 0 Å². The molecule has 8 heteroatoms. The molecule has 4 rings (SSSR count). The van der Waals surface area contributed by atoms with Crippen molar-refractivity contribution in [3.05, 3.63) is 89.5 Å². The van der Waals surface area contributed by atoms with E-state index in [2.05, 4.69) is 6.07 Å². The van der Waals surface area contributed by atoms with Crippen LogP contribution in [0.15, 0.2) is 72.8 Å². The number of carbonyl (C=O) groups excluding carboxylic acids is 2. The Labute approximate surface area is 235 Å². The second kappa shape index (κ2) is 14.3. The minimum absolute atomic E-state index is 0.163. The molecule has 0 spiro atoms. The lowest BCUT2D eigenvalue weighted by Crippen LogP contribution is -2.37. The van der Waals surface area contributed by atoms with Gasteiger partial charge in [-0.1, -0.05) is 36.4 Å². The normalized spacial score (nSPS) is 16.3. The quantitative estimate of drug-likeness (QED) is 0.269. The zero-order valence-corrected chi connectivity index (χ0v) is 23.3. The monoisotopic (exact) mass is 547 g/mol. The summed E-state index contributed by atoms with van der Waals surface area (Å²) in [5.41, 5.74) is 2.69. The Morgan fingerprint density at radius 3 is 2.30 bits per heavy atom. The van der Waals surface area contributed by atoms with Gasteiger partial charge in [0.2, 0.25) is 0 Å². The Balaban J connectivity index is 1.36. The SMILES string of the molecule is CCOC(=O)N1C[C@@H](OC(=O)c2ccccc2)C[C@H]1CCOc1ccccc1CCc1cc(OC)cc(OC)c1. The summed E-state index contributed by atoms with van der Waals surface area (Å²) in [7, 11) is 3.29. The maximum atomic E-state index is 12.7. The average Bonchev–Trinajstić information content (AvgIpc) is 3.39. The largest absolute Gasteiger partial charge is 0.497 e. The molecule has 0 aliphatic carbocycles. The van der Waals surface area contributed by atoms with Gasteiger partial charge in [-0.2, -0.15) is 0 Å². The van der Waals surface area contributed by atoms with Gasteiger partial charge in [-0.15, -0.1) is 0 Å². The summed E-state index contributed by atoms with van der Waals surface area (Å²) in [6.45, 7) is 2.75. The number of aryl methyl sites for hydroxylation is 2. The van der Waals surface area contributed by atoms with Crippen molar-refractivity contribution < 1.29 is 33.3 Å². The van der Waals surface area contributed by atoms with Crippen LogP contribution < -0.4 is 14.2 Å². The van der Waals surface area contributed by atoms with E-state index in [1.807, 2.05) is 42.5 Å². The van der Waals surface area contributed by atoms with Gasteiger partial charge >= 0.3 is 12.1 Å². The van der Waals surface area contributed by atoms with Crippen LogP contribution in [0.4, 0.5) is 4.79 Å². The van der Waals surface area contributed by atoms with Crippen molar-refractivity contribution >= 4 is 12.1 Å². The summed E-state index contributed by atoms with van der Waals surface area (Å²) in [6, 6.07) is 22.6. The highest BCUT2D eigenvalue weighted by molar-refractivity contribution is 5.89. The summed E-state index contributed by atoms with van der Waals surface area (Å²) in [5, 5.41) is 0. The second-order valence-corrected chi connectivity index (χ2v) is 9.60. The van der Waals surface area contributed by atoms with Crippen molar-refractivity contribution in [2.75, 3.05) is 34.0 Å². The van der Waals surface area contributed by atoms with Crippen molar-refractivity contribution in [2.24, 2.45) is 0 Å². The van der Waals surface area contributed by atoms with Gasteiger partial charge in [0.1, 0.15) is 23.4 Å². The number of methoxy groups -OCH3 is 2. The number of hydrogen-bond acceptors (Lipinski definition) is 7. The fourth-order valence-corrected chi connectivity index (χ4v) is 4.90. The molecule has 0 aromatic heterocycles. The number of carbonyl (C=O) groups is 2. The number of likely N-dealkylation sites (tertiary alicyclic amines) is 1. The Morgan fingerprint density at radius 1 is 0.900 bits per heavy atom. The molecule has 0 saturated carbocycles. The Bertz CT molecular complexity index is 1240. The van der Waals surface area contributed by atoms with Gasteiger partial charge in [-0.3, -0.25) is 0 Å². The first-order valence-corrected chi connectivity index (χ1v) is 13.6. The van der Waals surface area contributed by atoms with Crippen molar-refractivity contribution in [1.29, 1.82) is 0 Å². The first-order valence-electron chi connectivity index (χ1n) is 13.6. The van der Waals surface area contributed by atoms with Crippen molar-refractivity contribution in [3.63, 3.8) is 0 Å². The molecule has 3 aromatic rings. The van der Waals surface area contributed by atoms with Gasteiger partial charge in [0.25, 0.3) is 0 Å². The van der Waals surface area contributed by atoms with Gasteiger partial charge in [0, 0.05) is 24.9 Å². The average molecular weight is 548 g/mol. The first kappa shape index (κ1) is 28.8. The lowest BCUT2D eigenvalue weighted by Gasteiger charge is -2.23. The third kappa shape index (κ3) is 7.68. The van der Waals surface area contributed by atoms with Crippen LogP contribution in [-0.2, 0) is 22.3 Å². The first-order chi connectivity index (χ1) is 19.5. The molecule has 1 amide bonds. The molecule has 1 aliphatic rings. The van der Waals surface area contributed by atoms with Crippen LogP contribution in [0.3, 0.4) is 0 Å². The van der Waals surface area contributed by atoms with Crippen LogP contribution in [0.5, 0.6) is 17.2 Å². The number of hydrogen-bond donors (Lipinski definition) is 0. The lowest BCUT2D eigenvalue weighted by molar-refractivity contribution is 0.0315. The van der Waals surface area contributed by atoms with Crippen LogP contribution in [0.25, 0.3) is 0 Å². The zero-order chi connectivity index (χ0) is 28.3. The molecular weight excluding hydrogens is 510 g/mol. The minimum Gasteiger partial charge on any atom is -0.497 e. The van der Waals surface area contributed by atoms with Gasteiger partial charge in [-0.25, -0.2) is 9.59 Å². The van der Waals surface area contributed by atoms with Crippen LogP contribution in [0, 0.1) is 0 Å². The van der Waals surface area contributed by atoms with E-state index in [9.17, 15) is 9.59 Å². The van der Waals surface area contributed by atoms with Gasteiger partial charge < -0.3 is 28.6 Å². The molecule has 40 heavy (non-hydrogen) atoms. The molecule has 3 aromatic carbocycles. The van der Waals surface area contributed by atoms with E-state index in [0.717, 1.165) is 41.2 Å². The number of para-hydroxylation sites is 1. The number of nitrogens with zero attached hydrogens (tertiary/aromatic N) is 1. The number of benzene rings is 3. The number of rotatable bonds is 12. The Hall–Kier alpha value is -4.20. The molecule has 0 unspecified atom stereocenters. The number of esters is 1. The Morgan fingerprint density at radius 2 is 1.60 bits per heavy atom. The van der Waals surface area contributed by atoms with E-state index < -0.39 is 18.2 Å². The molecule has 1 aliphatic heterocycles. The minimum atomic E-state index is -0.408. The summed E-state index contributed by atoms with van der Waals surface area (Å²) < 4.78 is 28.0. The highest BCUT2D eigenvalue weighted by atomic mass is 16.6. The highest BCUT2D eigenvalue weighted by Gasteiger charge is 2.38. The van der Waals surface area contributed by atoms with Crippen LogP contribution >= 0.6 is 0 Å². The number of ether oxygens (including phenoxy) is 5. The van der Waals surface area contributed by atoms with E-state index in [4.69, 9.17) is 23.7 Å². The predicted octanol–water partition coefficient (Wildman–Crippen LogP) is 5.71. The zero-order valence-electron chi connectivity index (χ0n) is 23.3. The molecule has 8 nitrogen and oxygen atoms in total. The maximum absolute atomic E-state index is 12.7. The third-order valence-electron chi connectivity index (χ3n) is 6.94. The van der Waals surface area contributed by atoms with Gasteiger partial charge in [-0.05, 0) is 61.2 Å². The second-order valence-electron chi connectivity index (χ2n) is 9.60. The van der Waals surface area contributed by atoms with E-state index >= 15 is 0 Å².